The Hall–Kier alpha value is -0.570. The summed E-state index contributed by atoms with van der Waals surface area (Å²) < 4.78 is 0. The number of amides is 1. The van der Waals surface area contributed by atoms with E-state index in [4.69, 9.17) is 0 Å². The van der Waals surface area contributed by atoms with Gasteiger partial charge in [-0.15, -0.1) is 0 Å². The van der Waals surface area contributed by atoms with Crippen LogP contribution in [0.1, 0.15) is 26.7 Å². The normalized spacial score (nSPS) is 18.9. The second-order valence-corrected chi connectivity index (χ2v) is 3.82. The Morgan fingerprint density at radius 3 is 2.58 bits per heavy atom. The predicted molar refractivity (Wildman–Crippen MR) is 49.0 cm³/mol. The fraction of sp³-hybridized carbons (Fsp3) is 0.889. The van der Waals surface area contributed by atoms with Crippen LogP contribution < -0.4 is 5.32 Å². The predicted octanol–water partition coefficient (Wildman–Crippen LogP) is 0.607. The molecule has 1 amide bonds. The molecule has 0 aliphatic heterocycles. The van der Waals surface area contributed by atoms with Crippen molar-refractivity contribution >= 4 is 5.91 Å². The van der Waals surface area contributed by atoms with Crippen LogP contribution >= 0.6 is 0 Å². The van der Waals surface area contributed by atoms with Crippen LogP contribution in [0.15, 0.2) is 0 Å². The van der Waals surface area contributed by atoms with E-state index in [1.807, 2.05) is 14.0 Å². The third-order valence-corrected chi connectivity index (χ3v) is 2.57. The van der Waals surface area contributed by atoms with Crippen LogP contribution in [0.4, 0.5) is 0 Å². The molecule has 0 radical (unpaired) electrons. The number of rotatable bonds is 4. The van der Waals surface area contributed by atoms with Gasteiger partial charge in [-0.3, -0.25) is 4.79 Å². The Morgan fingerprint density at radius 2 is 2.17 bits per heavy atom. The topological polar surface area (TPSA) is 32.3 Å². The fourth-order valence-corrected chi connectivity index (χ4v) is 0.965. The number of hydrogen-bond acceptors (Lipinski definition) is 2. The molecule has 0 spiro atoms. The Bertz CT molecular complexity index is 175. The van der Waals surface area contributed by atoms with E-state index in [-0.39, 0.29) is 11.4 Å². The van der Waals surface area contributed by atoms with E-state index < -0.39 is 0 Å². The molecule has 0 aromatic heterocycles. The number of nitrogens with one attached hydrogen (secondary N) is 1. The first-order chi connectivity index (χ1) is 5.57. The monoisotopic (exact) mass is 170 g/mol. The van der Waals surface area contributed by atoms with Crippen LogP contribution in [0.3, 0.4) is 0 Å². The average molecular weight is 170 g/mol. The summed E-state index contributed by atoms with van der Waals surface area (Å²) in [7, 11) is 1.83. The van der Waals surface area contributed by atoms with E-state index in [2.05, 4.69) is 12.2 Å². The van der Waals surface area contributed by atoms with Gasteiger partial charge in [-0.05, 0) is 26.7 Å². The van der Waals surface area contributed by atoms with Gasteiger partial charge in [0.05, 0.1) is 6.54 Å². The lowest BCUT2D eigenvalue weighted by molar-refractivity contribution is -0.128. The van der Waals surface area contributed by atoms with Crippen molar-refractivity contribution < 1.29 is 4.79 Å². The van der Waals surface area contributed by atoms with Gasteiger partial charge in [-0.1, -0.05) is 0 Å². The zero-order valence-electron chi connectivity index (χ0n) is 8.18. The molecule has 0 heterocycles. The number of carbonyl (C=O) groups is 1. The van der Waals surface area contributed by atoms with E-state index in [1.165, 1.54) is 12.8 Å². The number of nitrogens with zero attached hydrogens (tertiary/aromatic N) is 1. The van der Waals surface area contributed by atoms with Crippen LogP contribution in [-0.2, 0) is 4.79 Å². The van der Waals surface area contributed by atoms with E-state index in [0.717, 1.165) is 6.54 Å². The van der Waals surface area contributed by atoms with Gasteiger partial charge in [0, 0.05) is 19.1 Å². The molecular weight excluding hydrogens is 152 g/mol. The van der Waals surface area contributed by atoms with Crippen molar-refractivity contribution in [2.75, 3.05) is 20.1 Å². The molecule has 0 atom stereocenters. The lowest BCUT2D eigenvalue weighted by Crippen LogP contribution is -2.39. The number of likely N-dealkylation sites (N-methyl/N-ethyl adjacent to an activating group) is 1. The van der Waals surface area contributed by atoms with Gasteiger partial charge >= 0.3 is 0 Å². The minimum atomic E-state index is 0.186. The Kier molecular flexibility index (Phi) is 2.73. The van der Waals surface area contributed by atoms with Crippen LogP contribution in [-0.4, -0.2) is 36.5 Å². The van der Waals surface area contributed by atoms with Crippen molar-refractivity contribution in [2.45, 2.75) is 32.2 Å². The number of hydrogen-bond donors (Lipinski definition) is 1. The largest absolute Gasteiger partial charge is 0.345 e. The molecule has 1 saturated carbocycles. The molecule has 12 heavy (non-hydrogen) atoms. The fourth-order valence-electron chi connectivity index (χ4n) is 0.965. The minimum absolute atomic E-state index is 0.186. The van der Waals surface area contributed by atoms with E-state index >= 15 is 0 Å². The van der Waals surface area contributed by atoms with Gasteiger partial charge in [0.15, 0.2) is 0 Å². The molecule has 1 aliphatic rings. The van der Waals surface area contributed by atoms with Gasteiger partial charge in [0.1, 0.15) is 0 Å². The zero-order chi connectivity index (χ0) is 9.19. The van der Waals surface area contributed by atoms with Gasteiger partial charge in [0.25, 0.3) is 0 Å². The van der Waals surface area contributed by atoms with Gasteiger partial charge in [-0.2, -0.15) is 0 Å². The molecule has 0 saturated heterocycles. The second-order valence-electron chi connectivity index (χ2n) is 3.82. The summed E-state index contributed by atoms with van der Waals surface area (Å²) in [6, 6.07) is 0. The molecule has 0 aromatic rings. The summed E-state index contributed by atoms with van der Waals surface area (Å²) in [5, 5.41) is 3.26. The van der Waals surface area contributed by atoms with Crippen LogP contribution in [0, 0.1) is 0 Å². The van der Waals surface area contributed by atoms with Crippen molar-refractivity contribution in [3.8, 4) is 0 Å². The lowest BCUT2D eigenvalue weighted by atomic mass is 10.3. The standard InChI is InChI=1S/C9H18N2O/c1-4-11(3)8(12)7-10-9(2)5-6-9/h10H,4-7H2,1-3H3. The second kappa shape index (κ2) is 3.44. The maximum absolute atomic E-state index is 11.3. The molecule has 0 aromatic carbocycles. The SMILES string of the molecule is CCN(C)C(=O)CNC1(C)CC1. The molecule has 1 N–H and O–H groups in total. The molecule has 1 fully saturated rings. The Morgan fingerprint density at radius 1 is 1.58 bits per heavy atom. The van der Waals surface area contributed by atoms with Crippen molar-refractivity contribution in [1.82, 2.24) is 10.2 Å². The van der Waals surface area contributed by atoms with Crippen LogP contribution in [0.25, 0.3) is 0 Å². The lowest BCUT2D eigenvalue weighted by Gasteiger charge is -2.17. The highest BCUT2D eigenvalue weighted by atomic mass is 16.2. The quantitative estimate of drug-likeness (QED) is 0.670. The van der Waals surface area contributed by atoms with Crippen molar-refractivity contribution in [2.24, 2.45) is 0 Å². The highest BCUT2D eigenvalue weighted by Gasteiger charge is 2.36. The molecule has 3 heteroatoms. The summed E-state index contributed by atoms with van der Waals surface area (Å²) in [6.07, 6.45) is 2.41. The van der Waals surface area contributed by atoms with Crippen molar-refractivity contribution in [3.05, 3.63) is 0 Å². The molecular formula is C9H18N2O. The molecule has 1 aliphatic carbocycles. The smallest absolute Gasteiger partial charge is 0.236 e. The third kappa shape index (κ3) is 2.48. The van der Waals surface area contributed by atoms with Crippen molar-refractivity contribution in [1.29, 1.82) is 0 Å². The first kappa shape index (κ1) is 9.52. The summed E-state index contributed by atoms with van der Waals surface area (Å²) in [5.74, 6) is 0.186. The van der Waals surface area contributed by atoms with Gasteiger partial charge in [0.2, 0.25) is 5.91 Å². The van der Waals surface area contributed by atoms with E-state index in [9.17, 15) is 4.79 Å². The number of carbonyl (C=O) groups excluding carboxylic acids is 1. The molecule has 70 valence electrons. The Balaban J connectivity index is 2.18. The Labute approximate surface area is 74.1 Å². The first-order valence-corrected chi connectivity index (χ1v) is 4.56. The van der Waals surface area contributed by atoms with Gasteiger partial charge in [-0.25, -0.2) is 0 Å². The van der Waals surface area contributed by atoms with E-state index in [0.29, 0.717) is 6.54 Å². The minimum Gasteiger partial charge on any atom is -0.345 e. The average Bonchev–Trinajstić information content (AvgIpc) is 2.79. The highest BCUT2D eigenvalue weighted by molar-refractivity contribution is 5.78. The van der Waals surface area contributed by atoms with E-state index in [1.54, 1.807) is 4.90 Å². The summed E-state index contributed by atoms with van der Waals surface area (Å²) >= 11 is 0. The zero-order valence-corrected chi connectivity index (χ0v) is 8.18. The van der Waals surface area contributed by atoms with Crippen LogP contribution in [0.2, 0.25) is 0 Å². The first-order valence-electron chi connectivity index (χ1n) is 4.56. The van der Waals surface area contributed by atoms with Crippen LogP contribution in [0.5, 0.6) is 0 Å². The maximum Gasteiger partial charge on any atom is 0.236 e. The molecule has 1 rings (SSSR count). The summed E-state index contributed by atoms with van der Waals surface area (Å²) in [5.41, 5.74) is 0.268. The van der Waals surface area contributed by atoms with Crippen molar-refractivity contribution in [3.63, 3.8) is 0 Å². The summed E-state index contributed by atoms with van der Waals surface area (Å²) in [6.45, 7) is 5.42. The van der Waals surface area contributed by atoms with Gasteiger partial charge < -0.3 is 10.2 Å². The molecule has 0 bridgehead atoms. The maximum atomic E-state index is 11.3. The molecule has 3 nitrogen and oxygen atoms in total. The highest BCUT2D eigenvalue weighted by Crippen LogP contribution is 2.33. The molecule has 0 unspecified atom stereocenters. The summed E-state index contributed by atoms with van der Waals surface area (Å²) in [4.78, 5) is 13.0. The third-order valence-electron chi connectivity index (χ3n) is 2.57.